The molecular weight excluding hydrogens is 757 g/mol. The molecule has 0 atom stereocenters. The first kappa shape index (κ1) is 36.7. The van der Waals surface area contributed by atoms with Crippen LogP contribution in [0.1, 0.15) is 0 Å². The molecule has 11 rings (SSSR count). The second-order valence-corrected chi connectivity index (χ2v) is 15.2. The fraction of sp³-hybridized carbons (Fsp3) is 0. The summed E-state index contributed by atoms with van der Waals surface area (Å²) < 4.78 is 6.94. The van der Waals surface area contributed by atoms with Crippen molar-refractivity contribution in [3.8, 4) is 67.5 Å². The van der Waals surface area contributed by atoms with E-state index >= 15 is 0 Å². The first-order valence-corrected chi connectivity index (χ1v) is 20.8. The Balaban J connectivity index is 1.06. The largest absolute Gasteiger partial charge is 0.454 e. The van der Waals surface area contributed by atoms with Crippen LogP contribution in [0.2, 0.25) is 0 Å². The summed E-state index contributed by atoms with van der Waals surface area (Å²) >= 11 is 0. The van der Waals surface area contributed by atoms with E-state index in [4.69, 9.17) is 19.4 Å². The van der Waals surface area contributed by atoms with Crippen LogP contribution in [0.5, 0.6) is 0 Å². The van der Waals surface area contributed by atoms with Gasteiger partial charge in [-0.2, -0.15) is 0 Å². The Kier molecular flexibility index (Phi) is 9.45. The number of hydrogen-bond donors (Lipinski definition) is 0. The first-order valence-electron chi connectivity index (χ1n) is 20.8. The van der Waals surface area contributed by atoms with E-state index in [9.17, 15) is 0 Å². The van der Waals surface area contributed by atoms with Crippen molar-refractivity contribution in [3.05, 3.63) is 231 Å². The lowest BCUT2D eigenvalue weighted by molar-refractivity contribution is 0.669. The molecule has 62 heavy (non-hydrogen) atoms. The van der Waals surface area contributed by atoms with Gasteiger partial charge < -0.3 is 9.32 Å². The third-order valence-corrected chi connectivity index (χ3v) is 11.3. The summed E-state index contributed by atoms with van der Waals surface area (Å²) in [5.41, 5.74) is 14.1. The van der Waals surface area contributed by atoms with Crippen LogP contribution in [0, 0.1) is 0 Å². The van der Waals surface area contributed by atoms with Crippen molar-refractivity contribution in [1.29, 1.82) is 0 Å². The van der Waals surface area contributed by atoms with Crippen LogP contribution < -0.4 is 4.90 Å². The minimum atomic E-state index is 0.580. The maximum Gasteiger partial charge on any atom is 0.164 e. The van der Waals surface area contributed by atoms with Crippen LogP contribution in [0.4, 0.5) is 17.1 Å². The van der Waals surface area contributed by atoms with Crippen LogP contribution in [0.25, 0.3) is 89.5 Å². The summed E-state index contributed by atoms with van der Waals surface area (Å²) in [5, 5.41) is 1.91. The van der Waals surface area contributed by atoms with Crippen molar-refractivity contribution in [2.24, 2.45) is 0 Å². The van der Waals surface area contributed by atoms with E-state index in [0.29, 0.717) is 17.5 Å². The fourth-order valence-corrected chi connectivity index (χ4v) is 8.30. The van der Waals surface area contributed by atoms with Gasteiger partial charge in [-0.3, -0.25) is 0 Å². The second kappa shape index (κ2) is 16.0. The normalized spacial score (nSPS) is 11.2. The van der Waals surface area contributed by atoms with E-state index in [0.717, 1.165) is 77.9 Å². The monoisotopic (exact) mass is 794 g/mol. The predicted molar refractivity (Wildman–Crippen MR) is 254 cm³/mol. The van der Waals surface area contributed by atoms with E-state index in [1.165, 1.54) is 11.1 Å². The Morgan fingerprint density at radius 3 is 1.35 bits per heavy atom. The number of hydrogen-bond acceptors (Lipinski definition) is 5. The molecule has 0 aliphatic carbocycles. The minimum absolute atomic E-state index is 0.580. The van der Waals surface area contributed by atoms with Crippen molar-refractivity contribution in [1.82, 2.24) is 15.0 Å². The van der Waals surface area contributed by atoms with Gasteiger partial charge in [0.05, 0.1) is 5.69 Å². The van der Waals surface area contributed by atoms with E-state index in [-0.39, 0.29) is 0 Å². The van der Waals surface area contributed by atoms with Crippen LogP contribution in [0.15, 0.2) is 235 Å². The zero-order valence-corrected chi connectivity index (χ0v) is 33.6. The Hall–Kier alpha value is -8.41. The SMILES string of the molecule is c1ccc(-c2ccc(-c3ccc(N(c4cccc(-c5ccccc5)c4)c4cccc5c4oc4cccc(-c6nc(-c7ccccc7)nc(-c7ccccc7)n6)c45)cc3)cc2)cc1. The highest BCUT2D eigenvalue weighted by atomic mass is 16.3. The molecule has 0 fully saturated rings. The van der Waals surface area contributed by atoms with Crippen LogP contribution in [-0.4, -0.2) is 15.0 Å². The van der Waals surface area contributed by atoms with E-state index < -0.39 is 0 Å². The lowest BCUT2D eigenvalue weighted by atomic mass is 10.00. The van der Waals surface area contributed by atoms with Gasteiger partial charge in [-0.25, -0.2) is 15.0 Å². The highest BCUT2D eigenvalue weighted by Gasteiger charge is 2.23. The molecule has 2 aromatic heterocycles. The number of fused-ring (bicyclic) bond motifs is 3. The molecule has 0 radical (unpaired) electrons. The van der Waals surface area contributed by atoms with Crippen molar-refractivity contribution in [3.63, 3.8) is 0 Å². The number of anilines is 3. The summed E-state index contributed by atoms with van der Waals surface area (Å²) in [4.78, 5) is 17.5. The zero-order chi connectivity index (χ0) is 41.2. The quantitative estimate of drug-likeness (QED) is 0.146. The predicted octanol–water partition coefficient (Wildman–Crippen LogP) is 15.2. The van der Waals surface area contributed by atoms with Gasteiger partial charge in [0.15, 0.2) is 23.1 Å². The van der Waals surface area contributed by atoms with Crippen molar-refractivity contribution < 1.29 is 4.42 Å². The maximum absolute atomic E-state index is 6.94. The highest BCUT2D eigenvalue weighted by Crippen LogP contribution is 2.45. The van der Waals surface area contributed by atoms with Gasteiger partial charge in [-0.1, -0.05) is 194 Å². The van der Waals surface area contributed by atoms with Crippen LogP contribution >= 0.6 is 0 Å². The average molecular weight is 795 g/mol. The van der Waals surface area contributed by atoms with E-state index in [1.807, 2.05) is 78.9 Å². The molecule has 0 aliphatic rings. The molecule has 0 amide bonds. The number of aromatic nitrogens is 3. The molecule has 11 aromatic rings. The molecule has 0 saturated heterocycles. The number of rotatable bonds is 9. The molecule has 9 aromatic carbocycles. The van der Waals surface area contributed by atoms with Crippen molar-refractivity contribution in [2.75, 3.05) is 4.90 Å². The third kappa shape index (κ3) is 6.97. The summed E-state index contributed by atoms with van der Waals surface area (Å²) in [6.07, 6.45) is 0. The van der Waals surface area contributed by atoms with Gasteiger partial charge >= 0.3 is 0 Å². The topological polar surface area (TPSA) is 55.1 Å². The molecule has 2 heterocycles. The van der Waals surface area contributed by atoms with Gasteiger partial charge in [0.2, 0.25) is 0 Å². The molecular formula is C57H38N4O. The smallest absolute Gasteiger partial charge is 0.164 e. The van der Waals surface area contributed by atoms with Crippen molar-refractivity contribution in [2.45, 2.75) is 0 Å². The molecule has 0 spiro atoms. The average Bonchev–Trinajstić information content (AvgIpc) is 3.75. The van der Waals surface area contributed by atoms with Gasteiger partial charge in [0.25, 0.3) is 0 Å². The molecule has 5 nitrogen and oxygen atoms in total. The Labute approximate surface area is 359 Å². The summed E-state index contributed by atoms with van der Waals surface area (Å²) in [6.45, 7) is 0. The fourth-order valence-electron chi connectivity index (χ4n) is 8.30. The summed E-state index contributed by atoms with van der Waals surface area (Å²) in [7, 11) is 0. The van der Waals surface area contributed by atoms with E-state index in [1.54, 1.807) is 0 Å². The zero-order valence-electron chi connectivity index (χ0n) is 33.6. The molecule has 0 saturated carbocycles. The highest BCUT2D eigenvalue weighted by molar-refractivity contribution is 6.15. The standard InChI is InChI=1S/C57H38N4O/c1-5-16-39(17-6-1)41-30-32-42(33-31-41)43-34-36-47(37-35-43)61(48-25-13-24-46(38-48)40-18-7-2-8-19-40)51-28-14-26-49-53-50(27-15-29-52(53)62-54(49)51)57-59-55(44-20-9-3-10-21-44)58-56(60-57)45-22-11-4-12-23-45/h1-38H. The summed E-state index contributed by atoms with van der Waals surface area (Å²) in [5.74, 6) is 1.80. The molecule has 0 aliphatic heterocycles. The van der Waals surface area contributed by atoms with Gasteiger partial charge in [0.1, 0.15) is 5.58 Å². The Morgan fingerprint density at radius 1 is 0.323 bits per heavy atom. The number of nitrogens with zero attached hydrogens (tertiary/aromatic N) is 4. The van der Waals surface area contributed by atoms with Crippen molar-refractivity contribution >= 4 is 39.0 Å². The number of furan rings is 1. The Bertz CT molecular complexity index is 3260. The maximum atomic E-state index is 6.94. The first-order chi connectivity index (χ1) is 30.7. The van der Waals surface area contributed by atoms with E-state index in [2.05, 4.69) is 157 Å². The third-order valence-electron chi connectivity index (χ3n) is 11.3. The van der Waals surface area contributed by atoms with Gasteiger partial charge in [-0.15, -0.1) is 0 Å². The number of benzene rings is 9. The minimum Gasteiger partial charge on any atom is -0.454 e. The Morgan fingerprint density at radius 2 is 0.774 bits per heavy atom. The summed E-state index contributed by atoms with van der Waals surface area (Å²) in [6, 6.07) is 79.9. The van der Waals surface area contributed by atoms with Crippen LogP contribution in [-0.2, 0) is 0 Å². The molecule has 5 heteroatoms. The van der Waals surface area contributed by atoms with Gasteiger partial charge in [-0.05, 0) is 69.8 Å². The molecule has 0 bridgehead atoms. The van der Waals surface area contributed by atoms with Crippen LogP contribution in [0.3, 0.4) is 0 Å². The molecule has 0 unspecified atom stereocenters. The number of para-hydroxylation sites is 1. The van der Waals surface area contributed by atoms with Gasteiger partial charge in [0, 0.05) is 38.8 Å². The lowest BCUT2D eigenvalue weighted by Gasteiger charge is -2.26. The molecule has 292 valence electrons. The molecule has 0 N–H and O–H groups in total. The second-order valence-electron chi connectivity index (χ2n) is 15.2. The lowest BCUT2D eigenvalue weighted by Crippen LogP contribution is -2.10.